The van der Waals surface area contributed by atoms with Crippen LogP contribution in [0.25, 0.3) is 0 Å². The molecule has 0 saturated carbocycles. The second kappa shape index (κ2) is 6.38. The van der Waals surface area contributed by atoms with E-state index in [0.717, 1.165) is 5.56 Å². The van der Waals surface area contributed by atoms with Crippen molar-refractivity contribution >= 4 is 17.6 Å². The van der Waals surface area contributed by atoms with Crippen molar-refractivity contribution in [2.75, 3.05) is 5.32 Å². The topological polar surface area (TPSA) is 84.2 Å². The zero-order valence-electron chi connectivity index (χ0n) is 10.8. The molecule has 0 aromatic heterocycles. The number of nitrogens with two attached hydrogens (primary N) is 1. The van der Waals surface area contributed by atoms with Gasteiger partial charge in [-0.15, -0.1) is 0 Å². The van der Waals surface area contributed by atoms with Crippen molar-refractivity contribution in [1.82, 2.24) is 5.32 Å². The first-order valence-corrected chi connectivity index (χ1v) is 6.14. The molecule has 4 N–H and O–H groups in total. The van der Waals surface area contributed by atoms with Crippen molar-refractivity contribution in [2.45, 2.75) is 6.54 Å². The van der Waals surface area contributed by atoms with Crippen molar-refractivity contribution in [3.8, 4) is 0 Å². The minimum Gasteiger partial charge on any atom is -0.351 e. The molecule has 0 aliphatic carbocycles. The lowest BCUT2D eigenvalue weighted by molar-refractivity contribution is 0.0952. The molecule has 0 bridgehead atoms. The molecule has 0 aliphatic rings. The molecule has 2 aromatic carbocycles. The third-order valence-corrected chi connectivity index (χ3v) is 2.73. The third kappa shape index (κ3) is 3.58. The van der Waals surface area contributed by atoms with E-state index in [0.29, 0.717) is 17.8 Å². The zero-order chi connectivity index (χ0) is 14.4. The summed E-state index contributed by atoms with van der Waals surface area (Å²) >= 11 is 0. The van der Waals surface area contributed by atoms with Gasteiger partial charge in [0.25, 0.3) is 5.91 Å². The van der Waals surface area contributed by atoms with Crippen LogP contribution in [0.5, 0.6) is 0 Å². The third-order valence-electron chi connectivity index (χ3n) is 2.73. The first-order chi connectivity index (χ1) is 9.66. The molecule has 2 rings (SSSR count). The van der Waals surface area contributed by atoms with Gasteiger partial charge in [0.05, 0.1) is 11.3 Å². The fourth-order valence-corrected chi connectivity index (χ4v) is 1.80. The van der Waals surface area contributed by atoms with E-state index in [4.69, 9.17) is 5.73 Å². The molecule has 0 aliphatic heterocycles. The number of nitrogens with one attached hydrogen (secondary N) is 2. The van der Waals surface area contributed by atoms with E-state index >= 15 is 0 Å². The van der Waals surface area contributed by atoms with Crippen LogP contribution in [0, 0.1) is 0 Å². The maximum Gasteiger partial charge on any atom is 0.316 e. The van der Waals surface area contributed by atoms with Gasteiger partial charge in [0.15, 0.2) is 0 Å². The summed E-state index contributed by atoms with van der Waals surface area (Å²) in [6.07, 6.45) is 0. The van der Waals surface area contributed by atoms with E-state index in [1.54, 1.807) is 24.3 Å². The molecule has 5 heteroatoms. The number of primary amides is 1. The number of anilines is 1. The van der Waals surface area contributed by atoms with Gasteiger partial charge in [-0.25, -0.2) is 4.79 Å². The minimum atomic E-state index is -0.701. The average Bonchev–Trinajstić information content (AvgIpc) is 2.46. The Morgan fingerprint density at radius 3 is 2.30 bits per heavy atom. The fraction of sp³-hybridized carbons (Fsp3) is 0.0667. The Bertz CT molecular complexity index is 612. The molecule has 0 spiro atoms. The van der Waals surface area contributed by atoms with Crippen LogP contribution in [0.1, 0.15) is 15.9 Å². The number of carbonyl (C=O) groups is 2. The number of benzene rings is 2. The molecular weight excluding hydrogens is 254 g/mol. The Morgan fingerprint density at radius 1 is 0.950 bits per heavy atom. The van der Waals surface area contributed by atoms with Crippen LogP contribution < -0.4 is 16.4 Å². The Labute approximate surface area is 116 Å². The molecule has 0 saturated heterocycles. The van der Waals surface area contributed by atoms with Crippen molar-refractivity contribution in [2.24, 2.45) is 5.73 Å². The van der Waals surface area contributed by atoms with Gasteiger partial charge in [-0.05, 0) is 17.7 Å². The maximum absolute atomic E-state index is 12.1. The number of rotatable bonds is 4. The lowest BCUT2D eigenvalue weighted by Gasteiger charge is -2.10. The number of carbonyl (C=O) groups excluding carboxylic acids is 2. The summed E-state index contributed by atoms with van der Waals surface area (Å²) in [6.45, 7) is 0.421. The quantitative estimate of drug-likeness (QED) is 0.794. The molecule has 102 valence electrons. The molecule has 20 heavy (non-hydrogen) atoms. The zero-order valence-corrected chi connectivity index (χ0v) is 10.8. The molecule has 3 amide bonds. The predicted octanol–water partition coefficient (Wildman–Crippen LogP) is 2.11. The first-order valence-electron chi connectivity index (χ1n) is 6.14. The van der Waals surface area contributed by atoms with Gasteiger partial charge in [0.1, 0.15) is 0 Å². The van der Waals surface area contributed by atoms with Gasteiger partial charge < -0.3 is 16.4 Å². The van der Waals surface area contributed by atoms with Crippen LogP contribution in [-0.2, 0) is 6.54 Å². The number of hydrogen-bond donors (Lipinski definition) is 3. The fourth-order valence-electron chi connectivity index (χ4n) is 1.80. The lowest BCUT2D eigenvalue weighted by atomic mass is 10.1. The first kappa shape index (κ1) is 13.6. The van der Waals surface area contributed by atoms with Crippen LogP contribution in [0.4, 0.5) is 10.5 Å². The normalized spacial score (nSPS) is 9.80. The SMILES string of the molecule is NC(=O)Nc1ccccc1C(=O)NCc1ccccc1. The van der Waals surface area contributed by atoms with Crippen molar-refractivity contribution in [3.05, 3.63) is 65.7 Å². The van der Waals surface area contributed by atoms with E-state index in [9.17, 15) is 9.59 Å². The molecule has 0 radical (unpaired) electrons. The van der Waals surface area contributed by atoms with Gasteiger partial charge >= 0.3 is 6.03 Å². The largest absolute Gasteiger partial charge is 0.351 e. The summed E-state index contributed by atoms with van der Waals surface area (Å²) in [6, 6.07) is 15.6. The van der Waals surface area contributed by atoms with Crippen LogP contribution in [-0.4, -0.2) is 11.9 Å². The van der Waals surface area contributed by atoms with Gasteiger partial charge in [-0.3, -0.25) is 4.79 Å². The molecule has 0 heterocycles. The highest BCUT2D eigenvalue weighted by atomic mass is 16.2. The second-order valence-corrected chi connectivity index (χ2v) is 4.20. The maximum atomic E-state index is 12.1. The average molecular weight is 269 g/mol. The molecule has 0 fully saturated rings. The van der Waals surface area contributed by atoms with Crippen LogP contribution in [0.3, 0.4) is 0 Å². The monoisotopic (exact) mass is 269 g/mol. The number of hydrogen-bond acceptors (Lipinski definition) is 2. The summed E-state index contributed by atoms with van der Waals surface area (Å²) in [5.74, 6) is -0.266. The molecule has 2 aromatic rings. The minimum absolute atomic E-state index is 0.266. The molecular formula is C15H15N3O2. The lowest BCUT2D eigenvalue weighted by Crippen LogP contribution is -2.26. The van der Waals surface area contributed by atoms with Gasteiger partial charge in [0.2, 0.25) is 0 Å². The highest BCUT2D eigenvalue weighted by Gasteiger charge is 2.11. The van der Waals surface area contributed by atoms with Gasteiger partial charge in [0, 0.05) is 6.54 Å². The number of urea groups is 1. The van der Waals surface area contributed by atoms with Crippen molar-refractivity contribution in [1.29, 1.82) is 0 Å². The highest BCUT2D eigenvalue weighted by molar-refractivity contribution is 6.03. The number of para-hydroxylation sites is 1. The summed E-state index contributed by atoms with van der Waals surface area (Å²) < 4.78 is 0. The Kier molecular flexibility index (Phi) is 4.34. The summed E-state index contributed by atoms with van der Waals surface area (Å²) in [5, 5.41) is 5.23. The summed E-state index contributed by atoms with van der Waals surface area (Å²) in [4.78, 5) is 23.0. The van der Waals surface area contributed by atoms with Gasteiger partial charge in [-0.1, -0.05) is 42.5 Å². The molecule has 5 nitrogen and oxygen atoms in total. The van der Waals surface area contributed by atoms with E-state index in [1.807, 2.05) is 30.3 Å². The molecule has 0 unspecified atom stereocenters. The van der Waals surface area contributed by atoms with Gasteiger partial charge in [-0.2, -0.15) is 0 Å². The van der Waals surface area contributed by atoms with E-state index in [-0.39, 0.29) is 5.91 Å². The summed E-state index contributed by atoms with van der Waals surface area (Å²) in [5.41, 5.74) is 6.85. The highest BCUT2D eigenvalue weighted by Crippen LogP contribution is 2.14. The smallest absolute Gasteiger partial charge is 0.316 e. The Balaban J connectivity index is 2.07. The predicted molar refractivity (Wildman–Crippen MR) is 77.3 cm³/mol. The summed E-state index contributed by atoms with van der Waals surface area (Å²) in [7, 11) is 0. The van der Waals surface area contributed by atoms with Crippen molar-refractivity contribution in [3.63, 3.8) is 0 Å². The van der Waals surface area contributed by atoms with Crippen molar-refractivity contribution < 1.29 is 9.59 Å². The van der Waals surface area contributed by atoms with E-state index in [1.165, 1.54) is 0 Å². The van der Waals surface area contributed by atoms with Crippen LogP contribution in [0.2, 0.25) is 0 Å². The number of amides is 3. The van der Waals surface area contributed by atoms with Crippen LogP contribution >= 0.6 is 0 Å². The van der Waals surface area contributed by atoms with Crippen LogP contribution in [0.15, 0.2) is 54.6 Å². The molecule has 0 atom stereocenters. The van der Waals surface area contributed by atoms with E-state index < -0.39 is 6.03 Å². The standard InChI is InChI=1S/C15H15N3O2/c16-15(20)18-13-9-5-4-8-12(13)14(19)17-10-11-6-2-1-3-7-11/h1-9H,10H2,(H,17,19)(H3,16,18,20). The Morgan fingerprint density at radius 2 is 1.60 bits per heavy atom. The van der Waals surface area contributed by atoms with E-state index in [2.05, 4.69) is 10.6 Å². The Hall–Kier alpha value is -2.82. The second-order valence-electron chi connectivity index (χ2n) is 4.20.